The number of hydrogen-bond acceptors (Lipinski definition) is 7. The molecule has 0 spiro atoms. The first-order valence-electron chi connectivity index (χ1n) is 7.74. The van der Waals surface area contributed by atoms with Crippen molar-refractivity contribution in [2.24, 2.45) is 0 Å². The fraction of sp³-hybridized carbons (Fsp3) is 0.438. The number of carbonyl (C=O) groups is 3. The summed E-state index contributed by atoms with van der Waals surface area (Å²) in [4.78, 5) is 46.5. The Morgan fingerprint density at radius 2 is 1.73 bits per heavy atom. The van der Waals surface area contributed by atoms with Crippen LogP contribution in [0.1, 0.15) is 26.3 Å². The van der Waals surface area contributed by atoms with E-state index < -0.39 is 46.2 Å². The molecule has 26 heavy (non-hydrogen) atoms. The van der Waals surface area contributed by atoms with Crippen LogP contribution in [0.15, 0.2) is 18.2 Å². The van der Waals surface area contributed by atoms with Gasteiger partial charge in [-0.3, -0.25) is 14.9 Å². The van der Waals surface area contributed by atoms with Crippen LogP contribution in [0.25, 0.3) is 0 Å². The Morgan fingerprint density at radius 1 is 1.19 bits per heavy atom. The van der Waals surface area contributed by atoms with E-state index in [4.69, 9.17) is 9.47 Å². The Hall–Kier alpha value is -3.04. The van der Waals surface area contributed by atoms with E-state index in [1.54, 1.807) is 0 Å². The molecule has 0 heterocycles. The van der Waals surface area contributed by atoms with Crippen LogP contribution in [-0.2, 0) is 30.3 Å². The standard InChI is InChI=1S/C16H19FN2O7/c1-4-25-14(21)16(18-10(3)20,15(22)26-5-2)9-11-6-7-12(17)13(8-11)19(23)24/h6-8H,4-5,9H2,1-3H3,(H,18,20). The minimum atomic E-state index is -2.25. The predicted molar refractivity (Wildman–Crippen MR) is 86.6 cm³/mol. The molecule has 0 aliphatic carbocycles. The topological polar surface area (TPSA) is 125 Å². The van der Waals surface area contributed by atoms with Crippen LogP contribution < -0.4 is 5.32 Å². The SMILES string of the molecule is CCOC(=O)C(Cc1ccc(F)c([N+](=O)[O-])c1)(NC(C)=O)C(=O)OCC. The van der Waals surface area contributed by atoms with E-state index in [9.17, 15) is 28.9 Å². The highest BCUT2D eigenvalue weighted by atomic mass is 19.1. The van der Waals surface area contributed by atoms with E-state index in [0.29, 0.717) is 0 Å². The van der Waals surface area contributed by atoms with Crippen molar-refractivity contribution in [3.05, 3.63) is 39.7 Å². The van der Waals surface area contributed by atoms with E-state index in [0.717, 1.165) is 25.1 Å². The van der Waals surface area contributed by atoms with Crippen LogP contribution in [0, 0.1) is 15.9 Å². The second-order valence-corrected chi connectivity index (χ2v) is 5.25. The zero-order valence-electron chi connectivity index (χ0n) is 14.5. The first-order valence-corrected chi connectivity index (χ1v) is 7.74. The van der Waals surface area contributed by atoms with Gasteiger partial charge < -0.3 is 14.8 Å². The van der Waals surface area contributed by atoms with Crippen LogP contribution in [0.4, 0.5) is 10.1 Å². The van der Waals surface area contributed by atoms with Gasteiger partial charge in [-0.25, -0.2) is 9.59 Å². The molecule has 0 aliphatic heterocycles. The first kappa shape index (κ1) is 21.0. The molecule has 1 aromatic carbocycles. The minimum absolute atomic E-state index is 0.0629. The van der Waals surface area contributed by atoms with Gasteiger partial charge in [0.15, 0.2) is 0 Å². The number of nitrogens with zero attached hydrogens (tertiary/aromatic N) is 1. The molecule has 0 unspecified atom stereocenters. The molecule has 10 heteroatoms. The summed E-state index contributed by atoms with van der Waals surface area (Å²) in [5, 5.41) is 13.1. The number of ether oxygens (including phenoxy) is 2. The Kier molecular flexibility index (Phi) is 7.17. The molecule has 0 fully saturated rings. The summed E-state index contributed by atoms with van der Waals surface area (Å²) >= 11 is 0. The number of nitrogens with one attached hydrogen (secondary N) is 1. The molecule has 0 saturated carbocycles. The maximum absolute atomic E-state index is 13.5. The Labute approximate surface area is 148 Å². The van der Waals surface area contributed by atoms with Crippen molar-refractivity contribution < 1.29 is 33.2 Å². The summed E-state index contributed by atoms with van der Waals surface area (Å²) in [5.41, 5.74) is -3.01. The molecule has 0 bridgehead atoms. The van der Waals surface area contributed by atoms with Crippen LogP contribution in [0.3, 0.4) is 0 Å². The van der Waals surface area contributed by atoms with Gasteiger partial charge in [-0.1, -0.05) is 6.07 Å². The second-order valence-electron chi connectivity index (χ2n) is 5.25. The van der Waals surface area contributed by atoms with Crippen LogP contribution >= 0.6 is 0 Å². The van der Waals surface area contributed by atoms with Gasteiger partial charge in [0, 0.05) is 19.4 Å². The van der Waals surface area contributed by atoms with Crippen molar-refractivity contribution in [3.8, 4) is 0 Å². The van der Waals surface area contributed by atoms with Crippen molar-refractivity contribution in [2.45, 2.75) is 32.7 Å². The maximum Gasteiger partial charge on any atom is 0.344 e. The third-order valence-electron chi connectivity index (χ3n) is 3.31. The summed E-state index contributed by atoms with van der Waals surface area (Å²) in [6.07, 6.45) is -0.509. The average Bonchev–Trinajstić information content (AvgIpc) is 2.55. The van der Waals surface area contributed by atoms with E-state index in [-0.39, 0.29) is 18.8 Å². The largest absolute Gasteiger partial charge is 0.464 e. The molecule has 0 radical (unpaired) electrons. The highest BCUT2D eigenvalue weighted by molar-refractivity contribution is 6.08. The molecule has 0 atom stereocenters. The van der Waals surface area contributed by atoms with Gasteiger partial charge in [-0.15, -0.1) is 0 Å². The summed E-state index contributed by atoms with van der Waals surface area (Å²) in [7, 11) is 0. The molecule has 1 N–H and O–H groups in total. The molecule has 1 rings (SSSR count). The Morgan fingerprint density at radius 3 is 2.15 bits per heavy atom. The fourth-order valence-corrected chi connectivity index (χ4v) is 2.30. The third kappa shape index (κ3) is 4.74. The minimum Gasteiger partial charge on any atom is -0.464 e. The van der Waals surface area contributed by atoms with Gasteiger partial charge in [-0.2, -0.15) is 4.39 Å². The summed E-state index contributed by atoms with van der Waals surface area (Å²) in [6.45, 7) is 3.93. The van der Waals surface area contributed by atoms with Gasteiger partial charge in [0.25, 0.3) is 0 Å². The molecular weight excluding hydrogens is 351 g/mol. The summed E-state index contributed by atoms with van der Waals surface area (Å²) in [6, 6.07) is 2.88. The highest BCUT2D eigenvalue weighted by Crippen LogP contribution is 2.24. The Balaban J connectivity index is 3.45. The number of nitro benzene ring substituents is 1. The molecule has 1 aromatic rings. The maximum atomic E-state index is 13.5. The molecule has 0 saturated heterocycles. The zero-order valence-corrected chi connectivity index (χ0v) is 14.5. The molecule has 0 aromatic heterocycles. The molecule has 9 nitrogen and oxygen atoms in total. The third-order valence-corrected chi connectivity index (χ3v) is 3.31. The van der Waals surface area contributed by atoms with Crippen molar-refractivity contribution in [2.75, 3.05) is 13.2 Å². The van der Waals surface area contributed by atoms with Gasteiger partial charge >= 0.3 is 17.6 Å². The van der Waals surface area contributed by atoms with Crippen LogP contribution in [0.5, 0.6) is 0 Å². The number of amides is 1. The van der Waals surface area contributed by atoms with E-state index >= 15 is 0 Å². The van der Waals surface area contributed by atoms with Gasteiger partial charge in [-0.05, 0) is 25.5 Å². The number of hydrogen-bond donors (Lipinski definition) is 1. The second kappa shape index (κ2) is 8.88. The Bertz CT molecular complexity index is 703. The van der Waals surface area contributed by atoms with E-state index in [1.807, 2.05) is 0 Å². The first-order chi connectivity index (χ1) is 12.2. The van der Waals surface area contributed by atoms with Crippen molar-refractivity contribution in [1.29, 1.82) is 0 Å². The lowest BCUT2D eigenvalue weighted by atomic mass is 9.90. The lowest BCUT2D eigenvalue weighted by molar-refractivity contribution is -0.387. The highest BCUT2D eigenvalue weighted by Gasteiger charge is 2.50. The average molecular weight is 370 g/mol. The lowest BCUT2D eigenvalue weighted by Gasteiger charge is -2.29. The van der Waals surface area contributed by atoms with Crippen LogP contribution in [-0.4, -0.2) is 41.5 Å². The number of benzene rings is 1. The van der Waals surface area contributed by atoms with E-state index in [2.05, 4.69) is 5.32 Å². The number of halogens is 1. The van der Waals surface area contributed by atoms with E-state index in [1.165, 1.54) is 13.8 Å². The molecule has 142 valence electrons. The van der Waals surface area contributed by atoms with Crippen molar-refractivity contribution in [1.82, 2.24) is 5.32 Å². The van der Waals surface area contributed by atoms with Crippen LogP contribution in [0.2, 0.25) is 0 Å². The van der Waals surface area contributed by atoms with Gasteiger partial charge in [0.05, 0.1) is 18.1 Å². The van der Waals surface area contributed by atoms with Gasteiger partial charge in [0.1, 0.15) is 0 Å². The number of nitro groups is 1. The smallest absolute Gasteiger partial charge is 0.344 e. The predicted octanol–water partition coefficient (Wildman–Crippen LogP) is 1.28. The monoisotopic (exact) mass is 370 g/mol. The lowest BCUT2D eigenvalue weighted by Crippen LogP contribution is -2.62. The molecular formula is C16H19FN2O7. The normalized spacial score (nSPS) is 10.8. The summed E-state index contributed by atoms with van der Waals surface area (Å²) in [5.74, 6) is -3.96. The van der Waals surface area contributed by atoms with Gasteiger partial charge in [0.2, 0.25) is 17.3 Å². The van der Waals surface area contributed by atoms with Crippen molar-refractivity contribution in [3.63, 3.8) is 0 Å². The van der Waals surface area contributed by atoms with Crippen molar-refractivity contribution >= 4 is 23.5 Å². The number of rotatable bonds is 8. The zero-order chi connectivity index (χ0) is 19.9. The quantitative estimate of drug-likeness (QED) is 0.316. The molecule has 1 amide bonds. The molecule has 0 aliphatic rings. The number of carbonyl (C=O) groups excluding carboxylic acids is 3. The summed E-state index contributed by atoms with van der Waals surface area (Å²) < 4.78 is 23.3. The fourth-order valence-electron chi connectivity index (χ4n) is 2.30. The number of esters is 2.